The van der Waals surface area contributed by atoms with Gasteiger partial charge in [-0.05, 0) is 26.8 Å². The predicted molar refractivity (Wildman–Crippen MR) is 103 cm³/mol. The highest BCUT2D eigenvalue weighted by atomic mass is 32.1. The van der Waals surface area contributed by atoms with E-state index in [2.05, 4.69) is 11.4 Å². The lowest BCUT2D eigenvalue weighted by atomic mass is 9.72. The number of benzene rings is 1. The molecule has 2 aliphatic rings. The summed E-state index contributed by atoms with van der Waals surface area (Å²) in [4.78, 5) is 26.9. The average Bonchev–Trinajstić information content (AvgIpc) is 3.11. The maximum absolute atomic E-state index is 13.3. The van der Waals surface area contributed by atoms with Gasteiger partial charge in [-0.25, -0.2) is 4.79 Å². The van der Waals surface area contributed by atoms with Gasteiger partial charge in [-0.1, -0.05) is 17.7 Å². The fourth-order valence-electron chi connectivity index (χ4n) is 3.80. The zero-order valence-corrected chi connectivity index (χ0v) is 16.3. The van der Waals surface area contributed by atoms with E-state index >= 15 is 0 Å². The van der Waals surface area contributed by atoms with Gasteiger partial charge >= 0.3 is 5.97 Å². The summed E-state index contributed by atoms with van der Waals surface area (Å²) in [5.74, 6) is -0.956. The Bertz CT molecular complexity index is 1130. The first-order chi connectivity index (χ1) is 13.4. The number of thiophene rings is 1. The van der Waals surface area contributed by atoms with Gasteiger partial charge in [0.1, 0.15) is 17.2 Å². The van der Waals surface area contributed by atoms with Crippen LogP contribution in [-0.4, -0.2) is 18.5 Å². The number of amides is 1. The number of ether oxygens (including phenoxy) is 2. The highest BCUT2D eigenvalue weighted by Crippen LogP contribution is 2.57. The molecule has 7 nitrogen and oxygen atoms in total. The number of nitrogens with one attached hydrogen (secondary N) is 1. The molecule has 8 heteroatoms. The van der Waals surface area contributed by atoms with Crippen LogP contribution in [0.2, 0.25) is 0 Å². The number of carbonyl (C=O) groups is 2. The third-order valence-corrected chi connectivity index (χ3v) is 6.18. The second-order valence-electron chi connectivity index (χ2n) is 6.62. The van der Waals surface area contributed by atoms with Crippen LogP contribution >= 0.6 is 11.3 Å². The molecule has 0 unspecified atom stereocenters. The standard InChI is InChI=1S/C20H17N3O4S/c1-4-26-18(24)14-10(3)28-16-15(14)27-17(22)12(8-21)20(16)11-7-9(2)5-6-13(11)23-19(20)25/h5-7H,4,22H2,1-3H3,(H,23,25)/t20-/m0/s1. The molecular weight excluding hydrogens is 378 g/mol. The normalized spacial score (nSPS) is 19.6. The molecule has 2 aromatic rings. The first-order valence-corrected chi connectivity index (χ1v) is 9.49. The molecule has 0 radical (unpaired) electrons. The van der Waals surface area contributed by atoms with E-state index in [4.69, 9.17) is 15.2 Å². The number of nitrogens with zero attached hydrogens (tertiary/aromatic N) is 1. The topological polar surface area (TPSA) is 114 Å². The van der Waals surface area contributed by atoms with Crippen LogP contribution in [0.4, 0.5) is 5.69 Å². The second-order valence-corrected chi connectivity index (χ2v) is 7.84. The van der Waals surface area contributed by atoms with Gasteiger partial charge in [-0.3, -0.25) is 4.79 Å². The van der Waals surface area contributed by atoms with Crippen molar-refractivity contribution in [2.45, 2.75) is 26.2 Å². The van der Waals surface area contributed by atoms with Crippen LogP contribution in [-0.2, 0) is 14.9 Å². The first kappa shape index (κ1) is 18.1. The van der Waals surface area contributed by atoms with Crippen molar-refractivity contribution in [3.8, 4) is 11.8 Å². The SMILES string of the molecule is CCOC(=O)c1c(C)sc2c1OC(N)=C(C#N)[C@]21C(=O)Nc2ccc(C)cc21. The molecule has 142 valence electrons. The number of hydrogen-bond donors (Lipinski definition) is 2. The molecule has 1 aromatic carbocycles. The van der Waals surface area contributed by atoms with Gasteiger partial charge in [0.05, 0.1) is 11.5 Å². The molecule has 28 heavy (non-hydrogen) atoms. The smallest absolute Gasteiger partial charge is 0.343 e. The van der Waals surface area contributed by atoms with Crippen LogP contribution in [0.15, 0.2) is 29.7 Å². The Hall–Kier alpha value is -3.31. The molecule has 3 heterocycles. The second kappa shape index (κ2) is 6.11. The summed E-state index contributed by atoms with van der Waals surface area (Å²) in [5.41, 5.74) is 7.03. The van der Waals surface area contributed by atoms with Gasteiger partial charge in [-0.2, -0.15) is 5.26 Å². The molecular formula is C20H17N3O4S. The monoisotopic (exact) mass is 395 g/mol. The fourth-order valence-corrected chi connectivity index (χ4v) is 5.07. The Morgan fingerprint density at radius 1 is 1.43 bits per heavy atom. The van der Waals surface area contributed by atoms with E-state index in [1.54, 1.807) is 19.9 Å². The number of anilines is 1. The minimum Gasteiger partial charge on any atom is -0.462 e. The van der Waals surface area contributed by atoms with Crippen LogP contribution in [0.3, 0.4) is 0 Å². The van der Waals surface area contributed by atoms with E-state index < -0.39 is 17.3 Å². The number of esters is 1. The van der Waals surface area contributed by atoms with Gasteiger partial charge in [0.15, 0.2) is 11.2 Å². The van der Waals surface area contributed by atoms with E-state index in [1.807, 2.05) is 19.1 Å². The number of carbonyl (C=O) groups excluding carboxylic acids is 2. The molecule has 1 spiro atoms. The van der Waals surface area contributed by atoms with Gasteiger partial charge < -0.3 is 20.5 Å². The molecule has 4 rings (SSSR count). The molecule has 2 aliphatic heterocycles. The average molecular weight is 395 g/mol. The Morgan fingerprint density at radius 2 is 2.18 bits per heavy atom. The van der Waals surface area contributed by atoms with E-state index in [9.17, 15) is 14.9 Å². The number of nitrogens with two attached hydrogens (primary N) is 1. The highest BCUT2D eigenvalue weighted by molar-refractivity contribution is 7.13. The van der Waals surface area contributed by atoms with E-state index in [0.29, 0.717) is 21.0 Å². The predicted octanol–water partition coefficient (Wildman–Crippen LogP) is 2.87. The van der Waals surface area contributed by atoms with Gasteiger partial charge in [0.2, 0.25) is 11.8 Å². The number of fused-ring (bicyclic) bond motifs is 4. The summed E-state index contributed by atoms with van der Waals surface area (Å²) >= 11 is 1.23. The molecule has 0 bridgehead atoms. The lowest BCUT2D eigenvalue weighted by molar-refractivity contribution is -0.118. The zero-order chi connectivity index (χ0) is 20.2. The van der Waals surface area contributed by atoms with Crippen molar-refractivity contribution in [2.24, 2.45) is 5.73 Å². The largest absolute Gasteiger partial charge is 0.462 e. The molecule has 1 atom stereocenters. The van der Waals surface area contributed by atoms with Crippen LogP contribution in [0.5, 0.6) is 5.75 Å². The Labute approximate surface area is 165 Å². The lowest BCUT2D eigenvalue weighted by Gasteiger charge is -2.31. The highest BCUT2D eigenvalue weighted by Gasteiger charge is 2.58. The number of aryl methyl sites for hydroxylation is 2. The van der Waals surface area contributed by atoms with Gasteiger partial charge in [0, 0.05) is 16.1 Å². The maximum atomic E-state index is 13.3. The zero-order valence-electron chi connectivity index (χ0n) is 15.5. The molecule has 1 aromatic heterocycles. The molecule has 1 amide bonds. The Balaban J connectivity index is 2.10. The summed E-state index contributed by atoms with van der Waals surface area (Å²) < 4.78 is 10.9. The number of rotatable bonds is 2. The van der Waals surface area contributed by atoms with Crippen molar-refractivity contribution in [1.82, 2.24) is 0 Å². The Kier molecular flexibility index (Phi) is 3.94. The van der Waals surface area contributed by atoms with Crippen LogP contribution in [0, 0.1) is 25.2 Å². The minimum absolute atomic E-state index is 0.0125. The molecule has 0 saturated carbocycles. The first-order valence-electron chi connectivity index (χ1n) is 8.67. The molecule has 0 fully saturated rings. The third-order valence-electron chi connectivity index (χ3n) is 4.97. The molecule has 3 N–H and O–H groups in total. The quantitative estimate of drug-likeness (QED) is 0.756. The number of hydrogen-bond acceptors (Lipinski definition) is 7. The van der Waals surface area contributed by atoms with Crippen molar-refractivity contribution in [3.05, 3.63) is 56.1 Å². The van der Waals surface area contributed by atoms with E-state index in [0.717, 1.165) is 5.56 Å². The summed E-state index contributed by atoms with van der Waals surface area (Å²) in [6.07, 6.45) is 0. The third kappa shape index (κ3) is 2.14. The van der Waals surface area contributed by atoms with Crippen molar-refractivity contribution in [1.29, 1.82) is 5.26 Å². The summed E-state index contributed by atoms with van der Waals surface area (Å²) in [7, 11) is 0. The van der Waals surface area contributed by atoms with Crippen molar-refractivity contribution >= 4 is 28.9 Å². The summed E-state index contributed by atoms with van der Waals surface area (Å²) in [6, 6.07) is 7.59. The molecule has 0 aliphatic carbocycles. The minimum atomic E-state index is -1.45. The van der Waals surface area contributed by atoms with Gasteiger partial charge in [-0.15, -0.1) is 11.3 Å². The summed E-state index contributed by atoms with van der Waals surface area (Å²) in [5, 5.41) is 12.7. The van der Waals surface area contributed by atoms with Crippen LogP contribution in [0.1, 0.15) is 38.2 Å². The van der Waals surface area contributed by atoms with E-state index in [1.165, 1.54) is 11.3 Å². The Morgan fingerprint density at radius 3 is 2.86 bits per heavy atom. The summed E-state index contributed by atoms with van der Waals surface area (Å²) in [6.45, 7) is 5.56. The maximum Gasteiger partial charge on any atom is 0.343 e. The number of nitriles is 1. The molecule has 0 saturated heterocycles. The van der Waals surface area contributed by atoms with Crippen LogP contribution < -0.4 is 15.8 Å². The van der Waals surface area contributed by atoms with Crippen molar-refractivity contribution < 1.29 is 19.1 Å². The van der Waals surface area contributed by atoms with Crippen molar-refractivity contribution in [3.63, 3.8) is 0 Å². The van der Waals surface area contributed by atoms with Crippen molar-refractivity contribution in [2.75, 3.05) is 11.9 Å². The lowest BCUT2D eigenvalue weighted by Crippen LogP contribution is -2.41. The van der Waals surface area contributed by atoms with E-state index in [-0.39, 0.29) is 29.4 Å². The van der Waals surface area contributed by atoms with Gasteiger partial charge in [0.25, 0.3) is 0 Å². The van der Waals surface area contributed by atoms with Crippen LogP contribution in [0.25, 0.3) is 0 Å². The fraction of sp³-hybridized carbons (Fsp3) is 0.250.